The molecule has 98 valence electrons. The fourth-order valence-corrected chi connectivity index (χ4v) is 3.10. The van der Waals surface area contributed by atoms with E-state index in [-0.39, 0.29) is 10.9 Å². The maximum absolute atomic E-state index is 11.5. The molecule has 1 aromatic heterocycles. The summed E-state index contributed by atoms with van der Waals surface area (Å²) in [4.78, 5) is 15.0. The number of hydrogen-bond donors (Lipinski definition) is 3. The molecule has 0 amide bonds. The molecule has 3 rings (SSSR count). The van der Waals surface area contributed by atoms with Crippen LogP contribution in [-0.4, -0.2) is 17.2 Å². The predicted octanol–water partition coefficient (Wildman–Crippen LogP) is 1.83. The largest absolute Gasteiger partial charge is 0.497 e. The van der Waals surface area contributed by atoms with Crippen LogP contribution >= 0.6 is 23.6 Å². The zero-order valence-electron chi connectivity index (χ0n) is 10.0. The second-order valence-corrected chi connectivity index (χ2v) is 5.48. The Morgan fingerprint density at radius 3 is 2.74 bits per heavy atom. The van der Waals surface area contributed by atoms with Gasteiger partial charge < -0.3 is 15.4 Å². The molecule has 19 heavy (non-hydrogen) atoms. The van der Waals surface area contributed by atoms with Gasteiger partial charge in [0.25, 0.3) is 0 Å². The third-order valence-electron chi connectivity index (χ3n) is 2.90. The average Bonchev–Trinajstić information content (AvgIpc) is 2.78. The molecular weight excluding hydrogens is 282 g/mol. The van der Waals surface area contributed by atoms with Gasteiger partial charge in [-0.15, -0.1) is 0 Å². The Morgan fingerprint density at radius 1 is 1.32 bits per heavy atom. The number of benzene rings is 1. The van der Waals surface area contributed by atoms with Crippen LogP contribution < -0.4 is 20.2 Å². The van der Waals surface area contributed by atoms with E-state index >= 15 is 0 Å². The number of nitrogens with one attached hydrogen (secondary N) is 3. The summed E-state index contributed by atoms with van der Waals surface area (Å²) in [6, 6.07) is 7.57. The summed E-state index contributed by atoms with van der Waals surface area (Å²) in [5, 5.41) is 6.63. The molecule has 2 aromatic rings. The van der Waals surface area contributed by atoms with E-state index in [0.717, 1.165) is 16.2 Å². The molecule has 1 unspecified atom stereocenters. The van der Waals surface area contributed by atoms with E-state index in [0.29, 0.717) is 10.9 Å². The van der Waals surface area contributed by atoms with E-state index < -0.39 is 0 Å². The number of aromatic nitrogens is 1. The quantitative estimate of drug-likeness (QED) is 0.737. The normalized spacial score (nSPS) is 17.3. The van der Waals surface area contributed by atoms with Crippen LogP contribution in [0.1, 0.15) is 16.5 Å². The van der Waals surface area contributed by atoms with E-state index in [4.69, 9.17) is 17.0 Å². The van der Waals surface area contributed by atoms with Crippen molar-refractivity contribution in [3.8, 4) is 5.75 Å². The highest BCUT2D eigenvalue weighted by molar-refractivity contribution is 7.80. The molecule has 0 saturated heterocycles. The number of anilines is 1. The number of hydrogen-bond acceptors (Lipinski definition) is 4. The standard InChI is InChI=1S/C12H11N3O2S2/c1-17-7-4-2-6(3-5-7)8-9-10(14-11(18)13-8)15-12(16)19-9/h2-5,8H,1H3,(H,15,16)(H2,13,14,18). The fourth-order valence-electron chi connectivity index (χ4n) is 2.01. The SMILES string of the molecule is COc1ccc(C2NC(=S)Nc3[nH]c(=O)sc32)cc1. The van der Waals surface area contributed by atoms with Crippen LogP contribution in [0.5, 0.6) is 5.75 Å². The summed E-state index contributed by atoms with van der Waals surface area (Å²) in [6.07, 6.45) is 0. The Morgan fingerprint density at radius 2 is 2.05 bits per heavy atom. The molecule has 7 heteroatoms. The number of ether oxygens (including phenoxy) is 1. The predicted molar refractivity (Wildman–Crippen MR) is 79.1 cm³/mol. The lowest BCUT2D eigenvalue weighted by Gasteiger charge is -2.26. The Bertz CT molecular complexity index is 675. The summed E-state index contributed by atoms with van der Waals surface area (Å²) < 4.78 is 5.14. The maximum Gasteiger partial charge on any atom is 0.306 e. The van der Waals surface area contributed by atoms with Gasteiger partial charge in [0.1, 0.15) is 11.6 Å². The zero-order chi connectivity index (χ0) is 13.4. The van der Waals surface area contributed by atoms with Crippen LogP contribution in [0.25, 0.3) is 0 Å². The second-order valence-electron chi connectivity index (χ2n) is 4.06. The van der Waals surface area contributed by atoms with Crippen molar-refractivity contribution in [3.63, 3.8) is 0 Å². The maximum atomic E-state index is 11.5. The van der Waals surface area contributed by atoms with Crippen molar-refractivity contribution >= 4 is 34.5 Å². The Hall–Kier alpha value is -1.86. The first-order chi connectivity index (χ1) is 9.17. The first-order valence-electron chi connectivity index (χ1n) is 5.62. The lowest BCUT2D eigenvalue weighted by atomic mass is 10.0. The minimum absolute atomic E-state index is 0.0949. The van der Waals surface area contributed by atoms with E-state index in [2.05, 4.69) is 15.6 Å². The number of rotatable bonds is 2. The molecule has 2 heterocycles. The van der Waals surface area contributed by atoms with Crippen LogP contribution in [-0.2, 0) is 0 Å². The highest BCUT2D eigenvalue weighted by Gasteiger charge is 2.26. The second kappa shape index (κ2) is 4.67. The van der Waals surface area contributed by atoms with Crippen LogP contribution in [0.4, 0.5) is 5.82 Å². The Balaban J connectivity index is 2.04. The summed E-state index contributed by atoms with van der Waals surface area (Å²) >= 11 is 6.33. The van der Waals surface area contributed by atoms with Gasteiger partial charge in [-0.05, 0) is 29.9 Å². The molecule has 1 aliphatic heterocycles. The minimum atomic E-state index is -0.112. The lowest BCUT2D eigenvalue weighted by molar-refractivity contribution is 0.414. The Labute approximate surface area is 118 Å². The van der Waals surface area contributed by atoms with Gasteiger partial charge in [0, 0.05) is 0 Å². The van der Waals surface area contributed by atoms with Crippen molar-refractivity contribution in [2.75, 3.05) is 12.4 Å². The van der Waals surface area contributed by atoms with Crippen LogP contribution in [0.3, 0.4) is 0 Å². The van der Waals surface area contributed by atoms with Gasteiger partial charge in [0.15, 0.2) is 5.11 Å². The van der Waals surface area contributed by atoms with Crippen molar-refractivity contribution in [2.45, 2.75) is 6.04 Å². The molecule has 0 spiro atoms. The molecule has 3 N–H and O–H groups in total. The van der Waals surface area contributed by atoms with Crippen LogP contribution in [0, 0.1) is 0 Å². The highest BCUT2D eigenvalue weighted by Crippen LogP contribution is 2.32. The number of methoxy groups -OCH3 is 1. The van der Waals surface area contributed by atoms with Crippen LogP contribution in [0.2, 0.25) is 0 Å². The van der Waals surface area contributed by atoms with Gasteiger partial charge in [0.2, 0.25) is 0 Å². The summed E-state index contributed by atoms with van der Waals surface area (Å²) in [5.74, 6) is 1.47. The van der Waals surface area contributed by atoms with E-state index in [1.54, 1.807) is 7.11 Å². The highest BCUT2D eigenvalue weighted by atomic mass is 32.1. The van der Waals surface area contributed by atoms with E-state index in [9.17, 15) is 4.79 Å². The van der Waals surface area contributed by atoms with E-state index in [1.165, 1.54) is 11.3 Å². The van der Waals surface area contributed by atoms with Crippen molar-refractivity contribution in [2.24, 2.45) is 0 Å². The first kappa shape index (κ1) is 12.2. The molecule has 0 saturated carbocycles. The van der Waals surface area contributed by atoms with Gasteiger partial charge in [0.05, 0.1) is 18.0 Å². The molecule has 0 radical (unpaired) electrons. The molecule has 1 aromatic carbocycles. The molecule has 1 aliphatic rings. The van der Waals surface area contributed by atoms with Crippen LogP contribution in [0.15, 0.2) is 29.1 Å². The average molecular weight is 293 g/mol. The van der Waals surface area contributed by atoms with E-state index in [1.807, 2.05) is 24.3 Å². The number of H-pyrrole nitrogens is 1. The summed E-state index contributed by atoms with van der Waals surface area (Å²) in [7, 11) is 1.63. The van der Waals surface area contributed by atoms with Gasteiger partial charge in [-0.25, -0.2) is 0 Å². The lowest BCUT2D eigenvalue weighted by Crippen LogP contribution is -2.37. The monoisotopic (exact) mass is 293 g/mol. The third-order valence-corrected chi connectivity index (χ3v) is 4.07. The molecule has 5 nitrogen and oxygen atoms in total. The molecule has 0 bridgehead atoms. The number of thiazole rings is 1. The molecule has 0 fully saturated rings. The molecule has 1 atom stereocenters. The number of thiocarbonyl (C=S) groups is 1. The third kappa shape index (κ3) is 2.22. The van der Waals surface area contributed by atoms with Crippen molar-refractivity contribution in [1.82, 2.24) is 10.3 Å². The zero-order valence-corrected chi connectivity index (χ0v) is 11.7. The fraction of sp³-hybridized carbons (Fsp3) is 0.167. The van der Waals surface area contributed by atoms with Gasteiger partial charge in [-0.2, -0.15) is 0 Å². The van der Waals surface area contributed by atoms with Gasteiger partial charge >= 0.3 is 4.87 Å². The molecule has 0 aliphatic carbocycles. The van der Waals surface area contributed by atoms with Crippen molar-refractivity contribution in [1.29, 1.82) is 0 Å². The van der Waals surface area contributed by atoms with Gasteiger partial charge in [-0.3, -0.25) is 9.78 Å². The smallest absolute Gasteiger partial charge is 0.306 e. The minimum Gasteiger partial charge on any atom is -0.497 e. The Kier molecular flexibility index (Phi) is 3.00. The first-order valence-corrected chi connectivity index (χ1v) is 6.84. The summed E-state index contributed by atoms with van der Waals surface area (Å²) in [6.45, 7) is 0. The topological polar surface area (TPSA) is 66.2 Å². The van der Waals surface area contributed by atoms with Crippen molar-refractivity contribution in [3.05, 3.63) is 44.4 Å². The number of fused-ring (bicyclic) bond motifs is 1. The van der Waals surface area contributed by atoms with Gasteiger partial charge in [-0.1, -0.05) is 23.5 Å². The summed E-state index contributed by atoms with van der Waals surface area (Å²) in [5.41, 5.74) is 1.03. The number of aromatic amines is 1. The molecular formula is C12H11N3O2S2. The van der Waals surface area contributed by atoms with Crippen molar-refractivity contribution < 1.29 is 4.74 Å².